The van der Waals surface area contributed by atoms with E-state index in [1.165, 1.54) is 16.7 Å². The number of nitrogens with two attached hydrogens (primary N) is 2. The highest BCUT2D eigenvalue weighted by atomic mass is 15.4. The van der Waals surface area contributed by atoms with E-state index in [9.17, 15) is 0 Å². The van der Waals surface area contributed by atoms with Crippen molar-refractivity contribution in [2.75, 3.05) is 30.1 Å². The molecular weight excluding hydrogens is 436 g/mol. The minimum atomic E-state index is -0.485. The van der Waals surface area contributed by atoms with Gasteiger partial charge in [0.25, 0.3) is 0 Å². The van der Waals surface area contributed by atoms with E-state index in [1.54, 1.807) is 0 Å². The normalized spacial score (nSPS) is 14.1. The van der Waals surface area contributed by atoms with Crippen LogP contribution in [0.4, 0.5) is 11.4 Å². The molecule has 8 heteroatoms. The molecule has 1 aliphatic rings. The van der Waals surface area contributed by atoms with Crippen LogP contribution in [0.3, 0.4) is 0 Å². The third kappa shape index (κ3) is 5.13. The van der Waals surface area contributed by atoms with Crippen molar-refractivity contribution in [3.05, 3.63) is 85.5 Å². The minimum Gasteiger partial charge on any atom is -0.355 e. The van der Waals surface area contributed by atoms with Crippen LogP contribution in [0.25, 0.3) is 22.1 Å². The predicted molar refractivity (Wildman–Crippen MR) is 145 cm³/mol. The van der Waals surface area contributed by atoms with Crippen molar-refractivity contribution in [2.24, 2.45) is 25.6 Å². The maximum absolute atomic E-state index is 6.17. The number of nitrogens with zero attached hydrogens (tertiary/aromatic N) is 6. The molecule has 182 valence electrons. The van der Waals surface area contributed by atoms with Crippen LogP contribution in [-0.4, -0.2) is 45.0 Å². The summed E-state index contributed by atoms with van der Waals surface area (Å²) in [6, 6.07) is 24.4. The van der Waals surface area contributed by atoms with Crippen LogP contribution in [0.5, 0.6) is 0 Å². The lowest BCUT2D eigenvalue weighted by Gasteiger charge is -2.36. The Balaban J connectivity index is 0.000000128. The van der Waals surface area contributed by atoms with Gasteiger partial charge in [-0.3, -0.25) is 0 Å². The highest BCUT2D eigenvalue weighted by Crippen LogP contribution is 2.37. The maximum atomic E-state index is 6.17. The zero-order chi connectivity index (χ0) is 25.0. The Morgan fingerprint density at radius 3 is 1.69 bits per heavy atom. The summed E-state index contributed by atoms with van der Waals surface area (Å²) in [5, 5.41) is 0. The van der Waals surface area contributed by atoms with E-state index in [4.69, 9.17) is 11.5 Å². The summed E-state index contributed by atoms with van der Waals surface area (Å²) < 4.78 is 4.02. The van der Waals surface area contributed by atoms with Crippen LogP contribution in [0.15, 0.2) is 85.5 Å². The van der Waals surface area contributed by atoms with E-state index in [1.807, 2.05) is 91.3 Å². The number of para-hydroxylation sites is 6. The number of aryl methyl sites for hydroxylation is 2. The average molecular weight is 471 g/mol. The van der Waals surface area contributed by atoms with Crippen LogP contribution < -0.4 is 21.3 Å². The molecule has 0 spiro atoms. The molecule has 0 saturated carbocycles. The second kappa shape index (κ2) is 10.2. The SMILES string of the molecule is CN1CN(C(C)(N)CN)c2ccccc21.Cn1cnc2ccccc21.Cn1cnc2ccccc21. The summed E-state index contributed by atoms with van der Waals surface area (Å²) in [6.07, 6.45) is 3.65. The zero-order valence-corrected chi connectivity index (χ0v) is 20.8. The number of fused-ring (bicyclic) bond motifs is 3. The van der Waals surface area contributed by atoms with Crippen molar-refractivity contribution in [1.82, 2.24) is 19.1 Å². The average Bonchev–Trinajstić information content (AvgIpc) is 3.56. The summed E-state index contributed by atoms with van der Waals surface area (Å²) in [4.78, 5) is 12.7. The van der Waals surface area contributed by atoms with Gasteiger partial charge < -0.3 is 30.4 Å². The number of imidazole rings is 2. The van der Waals surface area contributed by atoms with Gasteiger partial charge in [-0.2, -0.15) is 0 Å². The number of hydrogen-bond donors (Lipinski definition) is 2. The van der Waals surface area contributed by atoms with Gasteiger partial charge >= 0.3 is 0 Å². The second-order valence-corrected chi connectivity index (χ2v) is 9.01. The summed E-state index contributed by atoms with van der Waals surface area (Å²) in [5.74, 6) is 0. The Morgan fingerprint density at radius 2 is 1.20 bits per heavy atom. The Labute approximate surface area is 206 Å². The highest BCUT2D eigenvalue weighted by Gasteiger charge is 2.33. The first-order valence-electron chi connectivity index (χ1n) is 11.6. The van der Waals surface area contributed by atoms with Crippen LogP contribution in [-0.2, 0) is 14.1 Å². The molecule has 0 radical (unpaired) electrons. The molecule has 1 aliphatic heterocycles. The van der Waals surface area contributed by atoms with Gasteiger partial charge in [-0.15, -0.1) is 0 Å². The fourth-order valence-corrected chi connectivity index (χ4v) is 4.09. The Bertz CT molecular complexity index is 1330. The van der Waals surface area contributed by atoms with Gasteiger partial charge in [-0.1, -0.05) is 36.4 Å². The number of rotatable bonds is 2. The molecular formula is C27H34N8. The van der Waals surface area contributed by atoms with Crippen LogP contribution in [0.2, 0.25) is 0 Å². The number of benzene rings is 3. The van der Waals surface area contributed by atoms with Gasteiger partial charge in [0.1, 0.15) is 0 Å². The fraction of sp³-hybridized carbons (Fsp3) is 0.259. The lowest BCUT2D eigenvalue weighted by Crippen LogP contribution is -2.59. The number of hydrogen-bond acceptors (Lipinski definition) is 6. The van der Waals surface area contributed by atoms with E-state index in [0.717, 1.165) is 23.4 Å². The Morgan fingerprint density at radius 1 is 0.743 bits per heavy atom. The topological polar surface area (TPSA) is 94.2 Å². The van der Waals surface area contributed by atoms with Crippen molar-refractivity contribution < 1.29 is 0 Å². The van der Waals surface area contributed by atoms with Gasteiger partial charge in [-0.25, -0.2) is 9.97 Å². The summed E-state index contributed by atoms with van der Waals surface area (Å²) in [6.45, 7) is 3.20. The lowest BCUT2D eigenvalue weighted by atomic mass is 10.1. The van der Waals surface area contributed by atoms with Gasteiger partial charge in [0.2, 0.25) is 0 Å². The van der Waals surface area contributed by atoms with E-state index in [0.29, 0.717) is 6.54 Å². The monoisotopic (exact) mass is 470 g/mol. The third-order valence-corrected chi connectivity index (χ3v) is 6.23. The maximum Gasteiger partial charge on any atom is 0.0996 e. The molecule has 0 fully saturated rings. The van der Waals surface area contributed by atoms with E-state index < -0.39 is 5.66 Å². The molecule has 2 aromatic heterocycles. The van der Waals surface area contributed by atoms with Crippen molar-refractivity contribution in [2.45, 2.75) is 12.6 Å². The molecule has 5 aromatic rings. The quantitative estimate of drug-likeness (QED) is 0.409. The van der Waals surface area contributed by atoms with Crippen molar-refractivity contribution in [1.29, 1.82) is 0 Å². The Hall–Kier alpha value is -3.88. The predicted octanol–water partition coefficient (Wildman–Crippen LogP) is 3.68. The molecule has 3 heterocycles. The van der Waals surface area contributed by atoms with Gasteiger partial charge in [0, 0.05) is 27.7 Å². The number of aromatic nitrogens is 4. The fourth-order valence-electron chi connectivity index (χ4n) is 4.09. The van der Waals surface area contributed by atoms with E-state index >= 15 is 0 Å². The van der Waals surface area contributed by atoms with E-state index in [-0.39, 0.29) is 0 Å². The first-order valence-corrected chi connectivity index (χ1v) is 11.6. The molecule has 0 aliphatic carbocycles. The first kappa shape index (κ1) is 24.3. The standard InChI is InChI=1S/C11H18N4.2C8H8N2/c1-11(13,7-12)15-8-14(2)9-5-3-4-6-10(9)15;2*1-10-6-9-7-4-2-3-5-8(7)10/h3-6H,7-8,12-13H2,1-2H3;2*2-6H,1H3. The summed E-state index contributed by atoms with van der Waals surface area (Å²) >= 11 is 0. The molecule has 4 N–H and O–H groups in total. The molecule has 1 atom stereocenters. The highest BCUT2D eigenvalue weighted by molar-refractivity contribution is 5.77. The molecule has 0 bridgehead atoms. The van der Waals surface area contributed by atoms with Crippen molar-refractivity contribution in [3.8, 4) is 0 Å². The summed E-state index contributed by atoms with van der Waals surface area (Å²) in [5.41, 5.74) is 18.3. The second-order valence-electron chi connectivity index (χ2n) is 9.01. The Kier molecular flexibility index (Phi) is 7.04. The van der Waals surface area contributed by atoms with Crippen molar-refractivity contribution in [3.63, 3.8) is 0 Å². The van der Waals surface area contributed by atoms with E-state index in [2.05, 4.69) is 51.1 Å². The minimum absolute atomic E-state index is 0.440. The van der Waals surface area contributed by atoms with Crippen LogP contribution >= 0.6 is 0 Å². The molecule has 6 rings (SSSR count). The largest absolute Gasteiger partial charge is 0.355 e. The van der Waals surface area contributed by atoms with Crippen LogP contribution in [0.1, 0.15) is 6.92 Å². The lowest BCUT2D eigenvalue weighted by molar-refractivity contribution is 0.455. The van der Waals surface area contributed by atoms with Crippen LogP contribution in [0, 0.1) is 0 Å². The van der Waals surface area contributed by atoms with Gasteiger partial charge in [-0.05, 0) is 43.3 Å². The molecule has 1 unspecified atom stereocenters. The van der Waals surface area contributed by atoms with Gasteiger partial charge in [0.05, 0.1) is 58.4 Å². The molecule has 0 saturated heterocycles. The summed E-state index contributed by atoms with van der Waals surface area (Å²) in [7, 11) is 6.05. The molecule has 0 amide bonds. The third-order valence-electron chi connectivity index (χ3n) is 6.23. The zero-order valence-electron chi connectivity index (χ0n) is 20.8. The smallest absolute Gasteiger partial charge is 0.0996 e. The number of anilines is 2. The molecule has 35 heavy (non-hydrogen) atoms. The molecule has 8 nitrogen and oxygen atoms in total. The van der Waals surface area contributed by atoms with Gasteiger partial charge in [0.15, 0.2) is 0 Å². The molecule has 3 aromatic carbocycles. The first-order chi connectivity index (χ1) is 16.8. The van der Waals surface area contributed by atoms with Crippen molar-refractivity contribution >= 4 is 33.4 Å².